The number of hydrogen-bond acceptors (Lipinski definition) is 5. The van der Waals surface area contributed by atoms with Crippen LogP contribution in [0.3, 0.4) is 0 Å². The van der Waals surface area contributed by atoms with Crippen molar-refractivity contribution in [2.75, 3.05) is 5.75 Å². The van der Waals surface area contributed by atoms with Gasteiger partial charge in [0.25, 0.3) is 5.56 Å². The van der Waals surface area contributed by atoms with Gasteiger partial charge in [-0.15, -0.1) is 11.3 Å². The number of nitrogens with zero attached hydrogens (tertiary/aromatic N) is 2. The van der Waals surface area contributed by atoms with Crippen LogP contribution in [0.5, 0.6) is 0 Å². The predicted octanol–water partition coefficient (Wildman–Crippen LogP) is 5.35. The zero-order valence-corrected chi connectivity index (χ0v) is 20.7. The lowest BCUT2D eigenvalue weighted by atomic mass is 9.97. The van der Waals surface area contributed by atoms with Crippen molar-refractivity contribution >= 4 is 39.2 Å². The Morgan fingerprint density at radius 2 is 1.94 bits per heavy atom. The number of rotatable bonds is 8. The maximum absolute atomic E-state index is 13.5. The van der Waals surface area contributed by atoms with Crippen molar-refractivity contribution in [1.29, 1.82) is 0 Å². The highest BCUT2D eigenvalue weighted by Gasteiger charge is 2.23. The van der Waals surface area contributed by atoms with Crippen LogP contribution in [-0.4, -0.2) is 21.2 Å². The van der Waals surface area contributed by atoms with Crippen LogP contribution in [0.1, 0.15) is 62.1 Å². The molecule has 5 nitrogen and oxygen atoms in total. The van der Waals surface area contributed by atoms with E-state index >= 15 is 0 Å². The molecule has 2 heterocycles. The van der Waals surface area contributed by atoms with E-state index in [4.69, 9.17) is 4.98 Å². The normalized spacial score (nSPS) is 14.5. The molecule has 0 spiro atoms. The van der Waals surface area contributed by atoms with Crippen LogP contribution in [0.15, 0.2) is 40.3 Å². The Kier molecular flexibility index (Phi) is 7.36. The Hall–Kier alpha value is -2.12. The van der Waals surface area contributed by atoms with Crippen LogP contribution in [0.4, 0.5) is 0 Å². The van der Waals surface area contributed by atoms with Gasteiger partial charge in [0, 0.05) is 11.4 Å². The highest BCUT2D eigenvalue weighted by molar-refractivity contribution is 7.99. The Balaban J connectivity index is 1.57. The van der Waals surface area contributed by atoms with Crippen LogP contribution in [-0.2, 0) is 24.2 Å². The fourth-order valence-electron chi connectivity index (χ4n) is 4.15. The van der Waals surface area contributed by atoms with E-state index in [9.17, 15) is 9.59 Å². The summed E-state index contributed by atoms with van der Waals surface area (Å²) in [5.41, 5.74) is 2.36. The summed E-state index contributed by atoms with van der Waals surface area (Å²) in [4.78, 5) is 33.2. The molecule has 32 heavy (non-hydrogen) atoms. The van der Waals surface area contributed by atoms with Gasteiger partial charge in [0.1, 0.15) is 4.83 Å². The second-order valence-electron chi connectivity index (χ2n) is 8.91. The molecule has 4 rings (SSSR count). The number of fused-ring (bicyclic) bond motifs is 3. The minimum atomic E-state index is -0.0631. The predicted molar refractivity (Wildman–Crippen MR) is 134 cm³/mol. The van der Waals surface area contributed by atoms with E-state index in [0.717, 1.165) is 41.5 Å². The van der Waals surface area contributed by atoms with Crippen molar-refractivity contribution in [2.24, 2.45) is 5.92 Å². The number of carbonyl (C=O) groups excluding carboxylic acids is 1. The molecule has 1 aromatic carbocycles. The Morgan fingerprint density at radius 3 is 2.69 bits per heavy atom. The number of carbonyl (C=O) groups is 1. The molecular weight excluding hydrogens is 438 g/mol. The summed E-state index contributed by atoms with van der Waals surface area (Å²) in [6.07, 6.45) is 5.25. The third-order valence-electron chi connectivity index (χ3n) is 5.98. The average Bonchev–Trinajstić information content (AvgIpc) is 3.16. The summed E-state index contributed by atoms with van der Waals surface area (Å²) in [7, 11) is 0. The van der Waals surface area contributed by atoms with Gasteiger partial charge in [0.2, 0.25) is 5.91 Å². The minimum Gasteiger partial charge on any atom is -0.349 e. The molecule has 0 radical (unpaired) electrons. The summed E-state index contributed by atoms with van der Waals surface area (Å²) in [5, 5.41) is 4.53. The molecule has 1 amide bonds. The van der Waals surface area contributed by atoms with Gasteiger partial charge < -0.3 is 5.32 Å². The van der Waals surface area contributed by atoms with Crippen molar-refractivity contribution in [3.8, 4) is 0 Å². The van der Waals surface area contributed by atoms with Gasteiger partial charge in [0.15, 0.2) is 5.16 Å². The van der Waals surface area contributed by atoms with Gasteiger partial charge in [-0.25, -0.2) is 4.98 Å². The van der Waals surface area contributed by atoms with Crippen molar-refractivity contribution < 1.29 is 4.79 Å². The number of aryl methyl sites for hydroxylation is 2. The third kappa shape index (κ3) is 5.09. The van der Waals surface area contributed by atoms with Gasteiger partial charge in [0.05, 0.1) is 17.2 Å². The first-order valence-corrected chi connectivity index (χ1v) is 13.3. The van der Waals surface area contributed by atoms with E-state index in [1.165, 1.54) is 28.6 Å². The van der Waals surface area contributed by atoms with Gasteiger partial charge in [-0.05, 0) is 56.1 Å². The fraction of sp³-hybridized carbons (Fsp3) is 0.480. The second-order valence-corrected chi connectivity index (χ2v) is 10.9. The molecule has 1 unspecified atom stereocenters. The van der Waals surface area contributed by atoms with Gasteiger partial charge in [-0.1, -0.05) is 55.9 Å². The maximum Gasteiger partial charge on any atom is 0.263 e. The molecular formula is C25H31N3O2S2. The van der Waals surface area contributed by atoms with Crippen LogP contribution >= 0.6 is 23.1 Å². The highest BCUT2D eigenvalue weighted by Crippen LogP contribution is 2.34. The summed E-state index contributed by atoms with van der Waals surface area (Å²) in [5.74, 6) is 0.672. The van der Waals surface area contributed by atoms with Gasteiger partial charge in [-0.3, -0.25) is 14.2 Å². The summed E-state index contributed by atoms with van der Waals surface area (Å²) >= 11 is 3.03. The first kappa shape index (κ1) is 23.1. The van der Waals surface area contributed by atoms with Crippen molar-refractivity contribution in [2.45, 2.75) is 70.6 Å². The number of benzene rings is 1. The molecule has 1 N–H and O–H groups in total. The molecule has 1 aliphatic rings. The lowest BCUT2D eigenvalue weighted by Gasteiger charge is -2.16. The Morgan fingerprint density at radius 1 is 1.19 bits per heavy atom. The van der Waals surface area contributed by atoms with E-state index in [1.807, 2.05) is 41.8 Å². The number of thioether (sulfide) groups is 1. The first-order chi connectivity index (χ1) is 15.4. The molecule has 3 aromatic rings. The van der Waals surface area contributed by atoms with Crippen LogP contribution in [0.25, 0.3) is 10.2 Å². The van der Waals surface area contributed by atoms with E-state index in [0.29, 0.717) is 17.6 Å². The zero-order valence-electron chi connectivity index (χ0n) is 19.0. The van der Waals surface area contributed by atoms with Crippen LogP contribution in [0.2, 0.25) is 0 Å². The van der Waals surface area contributed by atoms with Crippen molar-refractivity contribution in [3.05, 3.63) is 56.7 Å². The topological polar surface area (TPSA) is 64.0 Å². The summed E-state index contributed by atoms with van der Waals surface area (Å²) < 4.78 is 1.81. The van der Waals surface area contributed by atoms with E-state index < -0.39 is 0 Å². The lowest BCUT2D eigenvalue weighted by Crippen LogP contribution is -2.29. The van der Waals surface area contributed by atoms with E-state index in [1.54, 1.807) is 11.3 Å². The van der Waals surface area contributed by atoms with Crippen molar-refractivity contribution in [3.63, 3.8) is 0 Å². The molecule has 1 atom stereocenters. The third-order valence-corrected chi connectivity index (χ3v) is 8.14. The quantitative estimate of drug-likeness (QED) is 0.357. The SMILES string of the molecule is CC(C)CCn1c(SCC(=O)NC(C)c2ccccc2)nc2sc3c(c2c1=O)CCCC3. The molecule has 170 valence electrons. The summed E-state index contributed by atoms with van der Waals surface area (Å²) in [6, 6.07) is 9.87. The standard InChI is InChI=1S/C25H31N3O2S2/c1-16(2)13-14-28-24(30)22-19-11-7-8-12-20(19)32-23(22)27-25(28)31-15-21(29)26-17(3)18-9-5-4-6-10-18/h4-6,9-10,16-17H,7-8,11-15H2,1-3H3,(H,26,29). The molecule has 0 saturated heterocycles. The molecule has 7 heteroatoms. The molecule has 1 aliphatic carbocycles. The molecule has 0 aliphatic heterocycles. The highest BCUT2D eigenvalue weighted by atomic mass is 32.2. The number of aromatic nitrogens is 2. The average molecular weight is 470 g/mol. The first-order valence-electron chi connectivity index (χ1n) is 11.5. The minimum absolute atomic E-state index is 0.0541. The van der Waals surface area contributed by atoms with Crippen LogP contribution in [0, 0.1) is 5.92 Å². The van der Waals surface area contributed by atoms with Crippen molar-refractivity contribution in [1.82, 2.24) is 14.9 Å². The molecule has 0 fully saturated rings. The van der Waals surface area contributed by atoms with Gasteiger partial charge >= 0.3 is 0 Å². The monoisotopic (exact) mass is 469 g/mol. The number of hydrogen-bond donors (Lipinski definition) is 1. The number of nitrogens with one attached hydrogen (secondary N) is 1. The Bertz CT molecular complexity index is 1150. The largest absolute Gasteiger partial charge is 0.349 e. The smallest absolute Gasteiger partial charge is 0.263 e. The molecule has 2 aromatic heterocycles. The lowest BCUT2D eigenvalue weighted by molar-refractivity contribution is -0.119. The Labute approximate surface area is 197 Å². The number of thiophene rings is 1. The second kappa shape index (κ2) is 10.2. The van der Waals surface area contributed by atoms with E-state index in [-0.39, 0.29) is 23.3 Å². The van der Waals surface area contributed by atoms with Gasteiger partial charge in [-0.2, -0.15) is 0 Å². The molecule has 0 bridgehead atoms. The van der Waals surface area contributed by atoms with Crippen LogP contribution < -0.4 is 10.9 Å². The molecule has 0 saturated carbocycles. The zero-order chi connectivity index (χ0) is 22.7. The van der Waals surface area contributed by atoms with E-state index in [2.05, 4.69) is 19.2 Å². The fourth-order valence-corrected chi connectivity index (χ4v) is 6.29. The maximum atomic E-state index is 13.5. The number of amides is 1. The summed E-state index contributed by atoms with van der Waals surface area (Å²) in [6.45, 7) is 6.94.